The van der Waals surface area contributed by atoms with E-state index in [0.29, 0.717) is 12.2 Å². The Morgan fingerprint density at radius 3 is 2.92 bits per heavy atom. The highest BCUT2D eigenvalue weighted by Crippen LogP contribution is 2.33. The lowest BCUT2D eigenvalue weighted by molar-refractivity contribution is 0.132. The van der Waals surface area contributed by atoms with Gasteiger partial charge in [-0.05, 0) is 25.0 Å². The Balaban J connectivity index is 1.50. The Hall–Kier alpha value is -2.18. The summed E-state index contributed by atoms with van der Waals surface area (Å²) in [5.41, 5.74) is 1.03. The molecular weight excluding hydrogens is 322 g/mol. The van der Waals surface area contributed by atoms with Crippen LogP contribution in [-0.2, 0) is 0 Å². The second kappa shape index (κ2) is 6.75. The van der Waals surface area contributed by atoms with Crippen molar-refractivity contribution in [2.75, 3.05) is 11.4 Å². The second-order valence-electron chi connectivity index (χ2n) is 6.02. The molecule has 124 valence electrons. The normalized spacial score (nSPS) is 18.9. The molecule has 5 nitrogen and oxygen atoms in total. The van der Waals surface area contributed by atoms with Crippen LogP contribution < -0.4 is 4.90 Å². The summed E-state index contributed by atoms with van der Waals surface area (Å²) in [6, 6.07) is 13.9. The van der Waals surface area contributed by atoms with E-state index in [1.807, 2.05) is 42.5 Å². The fraction of sp³-hybridized carbons (Fsp3) is 0.333. The molecule has 0 amide bonds. The number of anilines is 1. The first-order valence-corrected chi connectivity index (χ1v) is 8.96. The molecule has 3 heterocycles. The summed E-state index contributed by atoms with van der Waals surface area (Å²) in [5.74, 6) is 1.40. The van der Waals surface area contributed by atoms with Crippen molar-refractivity contribution in [1.29, 1.82) is 0 Å². The van der Waals surface area contributed by atoms with Gasteiger partial charge in [0.05, 0.1) is 6.26 Å². The van der Waals surface area contributed by atoms with Crippen LogP contribution in [0.1, 0.15) is 31.1 Å². The van der Waals surface area contributed by atoms with E-state index in [-0.39, 0.29) is 6.04 Å². The highest BCUT2D eigenvalue weighted by atomic mass is 32.1. The van der Waals surface area contributed by atoms with E-state index in [1.165, 1.54) is 11.5 Å². The van der Waals surface area contributed by atoms with Gasteiger partial charge in [-0.3, -0.25) is 0 Å². The maximum Gasteiger partial charge on any atom is 0.205 e. The molecule has 1 aromatic carbocycles. The first-order valence-electron chi connectivity index (χ1n) is 8.18. The number of aliphatic hydroxyl groups excluding tert-OH is 1. The summed E-state index contributed by atoms with van der Waals surface area (Å²) in [7, 11) is 0. The number of furan rings is 1. The van der Waals surface area contributed by atoms with E-state index in [0.717, 1.165) is 35.9 Å². The third kappa shape index (κ3) is 3.07. The van der Waals surface area contributed by atoms with Gasteiger partial charge in [0, 0.05) is 36.1 Å². The first-order chi connectivity index (χ1) is 11.8. The van der Waals surface area contributed by atoms with Gasteiger partial charge >= 0.3 is 0 Å². The minimum atomic E-state index is -0.577. The van der Waals surface area contributed by atoms with Crippen molar-refractivity contribution < 1.29 is 9.52 Å². The maximum absolute atomic E-state index is 10.4. The molecule has 1 fully saturated rings. The molecule has 0 bridgehead atoms. The molecule has 1 N–H and O–H groups in total. The predicted octanol–water partition coefficient (Wildman–Crippen LogP) is 3.89. The van der Waals surface area contributed by atoms with Gasteiger partial charge < -0.3 is 14.4 Å². The van der Waals surface area contributed by atoms with E-state index in [9.17, 15) is 5.11 Å². The number of aliphatic hydroxyl groups is 1. The number of nitrogens with zero attached hydrogens (tertiary/aromatic N) is 3. The first kappa shape index (κ1) is 15.4. The largest absolute Gasteiger partial charge is 0.467 e. The average molecular weight is 341 g/mol. The molecule has 2 aromatic heterocycles. The standard InChI is InChI=1S/C18H19N3O2S/c22-15(16-9-5-11-23-16)12-14-8-4-10-21(14)18-19-17(20-24-18)13-6-2-1-3-7-13/h1-3,5-7,9,11,14-15,22H,4,8,10,12H2. The lowest BCUT2D eigenvalue weighted by atomic mass is 10.1. The number of hydrogen-bond donors (Lipinski definition) is 1. The minimum absolute atomic E-state index is 0.265. The van der Waals surface area contributed by atoms with E-state index in [2.05, 4.69) is 9.27 Å². The summed E-state index contributed by atoms with van der Waals surface area (Å²) >= 11 is 1.43. The van der Waals surface area contributed by atoms with Gasteiger partial charge in [0.15, 0.2) is 5.82 Å². The van der Waals surface area contributed by atoms with Crippen LogP contribution in [0, 0.1) is 0 Å². The summed E-state index contributed by atoms with van der Waals surface area (Å²) in [6.07, 6.45) is 3.83. The van der Waals surface area contributed by atoms with Crippen molar-refractivity contribution in [3.05, 3.63) is 54.5 Å². The highest BCUT2D eigenvalue weighted by molar-refractivity contribution is 7.09. The summed E-state index contributed by atoms with van der Waals surface area (Å²) in [6.45, 7) is 0.957. The minimum Gasteiger partial charge on any atom is -0.467 e. The van der Waals surface area contributed by atoms with Crippen molar-refractivity contribution in [3.8, 4) is 11.4 Å². The predicted molar refractivity (Wildman–Crippen MR) is 94.0 cm³/mol. The van der Waals surface area contributed by atoms with Gasteiger partial charge in [-0.15, -0.1) is 0 Å². The van der Waals surface area contributed by atoms with Crippen molar-refractivity contribution in [1.82, 2.24) is 9.36 Å². The monoisotopic (exact) mass is 341 g/mol. The lowest BCUT2D eigenvalue weighted by Gasteiger charge is -2.25. The molecule has 24 heavy (non-hydrogen) atoms. The fourth-order valence-corrected chi connectivity index (χ4v) is 4.01. The van der Waals surface area contributed by atoms with Crippen molar-refractivity contribution >= 4 is 16.7 Å². The van der Waals surface area contributed by atoms with Gasteiger partial charge in [-0.1, -0.05) is 30.3 Å². The Labute approximate surface area is 144 Å². The molecule has 3 aromatic rings. The van der Waals surface area contributed by atoms with Crippen LogP contribution in [0.5, 0.6) is 0 Å². The van der Waals surface area contributed by atoms with Crippen LogP contribution >= 0.6 is 11.5 Å². The lowest BCUT2D eigenvalue weighted by Crippen LogP contribution is -2.30. The van der Waals surface area contributed by atoms with E-state index in [4.69, 9.17) is 9.40 Å². The zero-order valence-electron chi connectivity index (χ0n) is 13.2. The Morgan fingerprint density at radius 2 is 2.12 bits per heavy atom. The fourth-order valence-electron chi connectivity index (χ4n) is 3.22. The molecule has 2 unspecified atom stereocenters. The highest BCUT2D eigenvalue weighted by Gasteiger charge is 2.30. The van der Waals surface area contributed by atoms with E-state index < -0.39 is 6.10 Å². The summed E-state index contributed by atoms with van der Waals surface area (Å²) in [4.78, 5) is 6.99. The molecule has 0 radical (unpaired) electrons. The third-order valence-corrected chi connectivity index (χ3v) is 5.19. The van der Waals surface area contributed by atoms with Crippen LogP contribution in [0.15, 0.2) is 53.1 Å². The quantitative estimate of drug-likeness (QED) is 0.763. The van der Waals surface area contributed by atoms with Crippen molar-refractivity contribution in [3.63, 3.8) is 0 Å². The molecule has 4 rings (SSSR count). The van der Waals surface area contributed by atoms with E-state index >= 15 is 0 Å². The van der Waals surface area contributed by atoms with Crippen LogP contribution in [0.25, 0.3) is 11.4 Å². The van der Waals surface area contributed by atoms with Gasteiger partial charge in [-0.2, -0.15) is 9.36 Å². The molecule has 0 spiro atoms. The number of rotatable bonds is 5. The van der Waals surface area contributed by atoms with Gasteiger partial charge in [0.25, 0.3) is 0 Å². The van der Waals surface area contributed by atoms with Crippen LogP contribution in [0.2, 0.25) is 0 Å². The number of hydrogen-bond acceptors (Lipinski definition) is 6. The Bertz CT molecular complexity index is 773. The molecule has 0 aliphatic carbocycles. The summed E-state index contributed by atoms with van der Waals surface area (Å²) in [5, 5.41) is 11.3. The van der Waals surface area contributed by atoms with Crippen LogP contribution in [-0.4, -0.2) is 27.1 Å². The smallest absolute Gasteiger partial charge is 0.205 e. The van der Waals surface area contributed by atoms with Crippen molar-refractivity contribution in [2.45, 2.75) is 31.4 Å². The molecule has 1 saturated heterocycles. The summed E-state index contributed by atoms with van der Waals surface area (Å²) < 4.78 is 9.82. The SMILES string of the molecule is OC(CC1CCCN1c1nc(-c2ccccc2)ns1)c1ccco1. The number of aromatic nitrogens is 2. The van der Waals surface area contributed by atoms with Crippen LogP contribution in [0.3, 0.4) is 0 Å². The molecular formula is C18H19N3O2S. The molecule has 6 heteroatoms. The third-order valence-electron chi connectivity index (χ3n) is 4.44. The zero-order valence-corrected chi connectivity index (χ0v) is 14.0. The molecule has 1 aliphatic rings. The van der Waals surface area contributed by atoms with Crippen molar-refractivity contribution in [2.24, 2.45) is 0 Å². The van der Waals surface area contributed by atoms with Gasteiger partial charge in [0.1, 0.15) is 11.9 Å². The molecule has 0 saturated carbocycles. The topological polar surface area (TPSA) is 62.4 Å². The Kier molecular flexibility index (Phi) is 4.32. The zero-order chi connectivity index (χ0) is 16.4. The van der Waals surface area contributed by atoms with E-state index in [1.54, 1.807) is 6.26 Å². The maximum atomic E-state index is 10.4. The van der Waals surface area contributed by atoms with Gasteiger partial charge in [0.2, 0.25) is 5.13 Å². The second-order valence-corrected chi connectivity index (χ2v) is 6.75. The van der Waals surface area contributed by atoms with Gasteiger partial charge in [-0.25, -0.2) is 0 Å². The average Bonchev–Trinajstić information content (AvgIpc) is 3.36. The number of benzene rings is 1. The Morgan fingerprint density at radius 1 is 1.25 bits per heavy atom. The van der Waals surface area contributed by atoms with Crippen LogP contribution in [0.4, 0.5) is 5.13 Å². The molecule has 1 aliphatic heterocycles. The molecule has 2 atom stereocenters.